The van der Waals surface area contributed by atoms with Crippen molar-refractivity contribution in [2.45, 2.75) is 27.8 Å². The van der Waals surface area contributed by atoms with Crippen LogP contribution in [0.25, 0.3) is 0 Å². The molecule has 0 aromatic carbocycles. The Morgan fingerprint density at radius 1 is 1.48 bits per heavy atom. The van der Waals surface area contributed by atoms with Gasteiger partial charge in [-0.3, -0.25) is 0 Å². The van der Waals surface area contributed by atoms with E-state index in [-0.39, 0.29) is 21.0 Å². The van der Waals surface area contributed by atoms with E-state index in [0.29, 0.717) is 31.7 Å². The van der Waals surface area contributed by atoms with Gasteiger partial charge in [0, 0.05) is 52.5 Å². The lowest BCUT2D eigenvalue weighted by molar-refractivity contribution is 0.185. The van der Waals surface area contributed by atoms with Gasteiger partial charge in [0.25, 0.3) is 20.0 Å². The minimum atomic E-state index is -3.96. The molecule has 9 nitrogen and oxygen atoms in total. The number of hydrogen-bond donors (Lipinski definition) is 1. The van der Waals surface area contributed by atoms with Crippen LogP contribution in [0.3, 0.4) is 0 Å². The SMILES string of the molecule is CCN[C@H]1CN(CCCOC)S(=O)(=O)c2sc(S(=O)(=O)N=CN(C)C)cc21. The highest BCUT2D eigenvalue weighted by Gasteiger charge is 2.39. The Morgan fingerprint density at radius 2 is 2.19 bits per heavy atom. The van der Waals surface area contributed by atoms with Gasteiger partial charge in [0.2, 0.25) is 0 Å². The standard InChI is InChI=1S/C15H26N4O5S3/c1-5-16-13-10-19(7-6-8-24-4)27(22,23)15-12(13)9-14(25-15)26(20,21)17-11-18(2)3/h9,11,13,16H,5-8,10H2,1-4H3/t13-/m0/s1. The molecule has 1 aromatic rings. The Bertz CT molecular complexity index is 877. The van der Waals surface area contributed by atoms with Crippen molar-refractivity contribution in [1.82, 2.24) is 14.5 Å². The number of nitrogens with zero attached hydrogens (tertiary/aromatic N) is 3. The number of thiophene rings is 1. The van der Waals surface area contributed by atoms with E-state index >= 15 is 0 Å². The molecule has 0 saturated heterocycles. The van der Waals surface area contributed by atoms with Crippen molar-refractivity contribution in [3.8, 4) is 0 Å². The molecule has 0 amide bonds. The summed E-state index contributed by atoms with van der Waals surface area (Å²) in [5.74, 6) is 0. The quantitative estimate of drug-likeness (QED) is 0.344. The van der Waals surface area contributed by atoms with Crippen molar-refractivity contribution in [1.29, 1.82) is 0 Å². The van der Waals surface area contributed by atoms with E-state index in [1.807, 2.05) is 6.92 Å². The minimum absolute atomic E-state index is 0.0655. The second-order valence-electron chi connectivity index (χ2n) is 6.29. The smallest absolute Gasteiger partial charge is 0.293 e. The van der Waals surface area contributed by atoms with Crippen LogP contribution in [0.2, 0.25) is 0 Å². The summed E-state index contributed by atoms with van der Waals surface area (Å²) >= 11 is 0.752. The zero-order valence-corrected chi connectivity index (χ0v) is 18.3. The first-order chi connectivity index (χ1) is 12.6. The van der Waals surface area contributed by atoms with Crippen molar-refractivity contribution in [2.24, 2.45) is 4.40 Å². The Kier molecular flexibility index (Phi) is 7.39. The molecule has 1 aliphatic heterocycles. The third-order valence-corrected chi connectivity index (χ3v) is 9.13. The van der Waals surface area contributed by atoms with E-state index < -0.39 is 20.0 Å². The third-order valence-electron chi connectivity index (χ3n) is 3.92. The Morgan fingerprint density at radius 3 is 2.78 bits per heavy atom. The molecule has 154 valence electrons. The molecule has 0 radical (unpaired) electrons. The van der Waals surface area contributed by atoms with Crippen LogP contribution in [-0.4, -0.2) is 79.8 Å². The highest BCUT2D eigenvalue weighted by molar-refractivity contribution is 7.94. The van der Waals surface area contributed by atoms with Crippen molar-refractivity contribution in [2.75, 3.05) is 47.4 Å². The van der Waals surface area contributed by atoms with Crippen LogP contribution in [0.5, 0.6) is 0 Å². The van der Waals surface area contributed by atoms with Gasteiger partial charge in [-0.05, 0) is 19.0 Å². The molecule has 2 heterocycles. The molecule has 0 bridgehead atoms. The highest BCUT2D eigenvalue weighted by Crippen LogP contribution is 2.40. The lowest BCUT2D eigenvalue weighted by Gasteiger charge is -2.32. The van der Waals surface area contributed by atoms with Gasteiger partial charge in [0.15, 0.2) is 0 Å². The number of methoxy groups -OCH3 is 1. The van der Waals surface area contributed by atoms with Gasteiger partial charge in [-0.2, -0.15) is 12.7 Å². The maximum atomic E-state index is 13.0. The van der Waals surface area contributed by atoms with Gasteiger partial charge in [-0.25, -0.2) is 8.42 Å². The molecule has 27 heavy (non-hydrogen) atoms. The zero-order chi connectivity index (χ0) is 20.2. The summed E-state index contributed by atoms with van der Waals surface area (Å²) in [4.78, 5) is 1.50. The van der Waals surface area contributed by atoms with Crippen LogP contribution < -0.4 is 5.32 Å². The number of nitrogens with one attached hydrogen (secondary N) is 1. The fraction of sp³-hybridized carbons (Fsp3) is 0.667. The van der Waals surface area contributed by atoms with Gasteiger partial charge < -0.3 is 15.0 Å². The number of fused-ring (bicyclic) bond motifs is 1. The summed E-state index contributed by atoms with van der Waals surface area (Å²) < 4.78 is 60.9. The first-order valence-corrected chi connectivity index (χ1v) is 12.2. The Balaban J connectivity index is 2.46. The summed E-state index contributed by atoms with van der Waals surface area (Å²) in [7, 11) is -2.84. The average molecular weight is 439 g/mol. The maximum Gasteiger partial charge on any atom is 0.293 e. The van der Waals surface area contributed by atoms with Gasteiger partial charge in [-0.1, -0.05) is 6.92 Å². The lowest BCUT2D eigenvalue weighted by Crippen LogP contribution is -2.43. The molecule has 0 fully saturated rings. The van der Waals surface area contributed by atoms with E-state index in [2.05, 4.69) is 9.71 Å². The molecule has 2 rings (SSSR count). The Hall–Kier alpha value is -1.05. The molecule has 0 unspecified atom stereocenters. The summed E-state index contributed by atoms with van der Waals surface area (Å²) in [5.41, 5.74) is 0.489. The molecular formula is C15H26N4O5S3. The van der Waals surface area contributed by atoms with Gasteiger partial charge in [-0.15, -0.1) is 15.7 Å². The van der Waals surface area contributed by atoms with Crippen LogP contribution >= 0.6 is 11.3 Å². The van der Waals surface area contributed by atoms with Crippen LogP contribution in [0, 0.1) is 0 Å². The van der Waals surface area contributed by atoms with Gasteiger partial charge >= 0.3 is 0 Å². The van der Waals surface area contributed by atoms with Gasteiger partial charge in [0.05, 0.1) is 0 Å². The fourth-order valence-electron chi connectivity index (χ4n) is 2.68. The monoisotopic (exact) mass is 438 g/mol. The molecular weight excluding hydrogens is 412 g/mol. The number of rotatable bonds is 9. The maximum absolute atomic E-state index is 13.0. The number of sulfonamides is 2. The zero-order valence-electron chi connectivity index (χ0n) is 15.9. The minimum Gasteiger partial charge on any atom is -0.385 e. The highest BCUT2D eigenvalue weighted by atomic mass is 32.3. The molecule has 1 aliphatic rings. The van der Waals surface area contributed by atoms with Crippen LogP contribution in [0.1, 0.15) is 24.9 Å². The molecule has 1 N–H and O–H groups in total. The molecule has 0 aliphatic carbocycles. The van der Waals surface area contributed by atoms with Crippen molar-refractivity contribution >= 4 is 37.7 Å². The van der Waals surface area contributed by atoms with Crippen molar-refractivity contribution < 1.29 is 21.6 Å². The van der Waals surface area contributed by atoms with Crippen LogP contribution in [0.15, 0.2) is 18.9 Å². The predicted molar refractivity (Wildman–Crippen MR) is 105 cm³/mol. The number of hydrogen-bond acceptors (Lipinski definition) is 7. The lowest BCUT2D eigenvalue weighted by atomic mass is 10.1. The predicted octanol–water partition coefficient (Wildman–Crippen LogP) is 0.718. The summed E-state index contributed by atoms with van der Waals surface area (Å²) in [6, 6.07) is 1.16. The molecule has 0 saturated carbocycles. The van der Waals surface area contributed by atoms with Crippen LogP contribution in [0.4, 0.5) is 0 Å². The van der Waals surface area contributed by atoms with E-state index in [9.17, 15) is 16.8 Å². The van der Waals surface area contributed by atoms with Crippen molar-refractivity contribution in [3.05, 3.63) is 11.6 Å². The van der Waals surface area contributed by atoms with E-state index in [1.165, 1.54) is 21.6 Å². The molecule has 12 heteroatoms. The van der Waals surface area contributed by atoms with Crippen molar-refractivity contribution in [3.63, 3.8) is 0 Å². The Labute approximate surface area is 165 Å². The number of ether oxygens (including phenoxy) is 1. The molecule has 1 atom stereocenters. The fourth-order valence-corrected chi connectivity index (χ4v) is 7.47. The second kappa shape index (κ2) is 8.97. The van der Waals surface area contributed by atoms with E-state index in [4.69, 9.17) is 4.74 Å². The third kappa shape index (κ3) is 5.06. The second-order valence-corrected chi connectivity index (χ2v) is 11.3. The summed E-state index contributed by atoms with van der Waals surface area (Å²) in [6.45, 7) is 3.57. The van der Waals surface area contributed by atoms with Gasteiger partial charge in [0.1, 0.15) is 14.8 Å². The first-order valence-electron chi connectivity index (χ1n) is 8.46. The largest absolute Gasteiger partial charge is 0.385 e. The normalized spacial score (nSPS) is 20.1. The molecule has 1 aromatic heterocycles. The summed E-state index contributed by atoms with van der Waals surface area (Å²) in [6.07, 6.45) is 1.74. The van der Waals surface area contributed by atoms with E-state index in [0.717, 1.165) is 11.3 Å². The average Bonchev–Trinajstić information content (AvgIpc) is 3.05. The molecule has 0 spiro atoms. The first kappa shape index (κ1) is 22.2. The van der Waals surface area contributed by atoms with E-state index in [1.54, 1.807) is 21.2 Å². The summed E-state index contributed by atoms with van der Waals surface area (Å²) in [5, 5.41) is 3.24. The topological polar surface area (TPSA) is 108 Å². The van der Waals surface area contributed by atoms with Crippen LogP contribution in [-0.2, 0) is 24.8 Å². The number of likely N-dealkylation sites (N-methyl/N-ethyl adjacent to an activating group) is 1.